The van der Waals surface area contributed by atoms with Gasteiger partial charge in [0.1, 0.15) is 0 Å². The minimum atomic E-state index is -0.307. The lowest BCUT2D eigenvalue weighted by Gasteiger charge is -2.65. The van der Waals surface area contributed by atoms with Gasteiger partial charge in [0.15, 0.2) is 0 Å². The van der Waals surface area contributed by atoms with Gasteiger partial charge in [-0.15, -0.1) is 0 Å². The van der Waals surface area contributed by atoms with Crippen molar-refractivity contribution in [2.45, 2.75) is 63.6 Å². The number of fused-ring (bicyclic) bond motifs is 3. The Labute approximate surface area is 192 Å². The van der Waals surface area contributed by atoms with E-state index in [4.69, 9.17) is 0 Å². The molecule has 3 heterocycles. The fraction of sp³-hybridized carbons (Fsp3) is 0.500. The Morgan fingerprint density at radius 1 is 0.909 bits per heavy atom. The summed E-state index contributed by atoms with van der Waals surface area (Å²) in [6.45, 7) is 6.99. The molecule has 1 aromatic carbocycles. The van der Waals surface area contributed by atoms with E-state index in [0.29, 0.717) is 5.92 Å². The fourth-order valence-corrected chi connectivity index (χ4v) is 9.07. The molecule has 0 N–H and O–H groups in total. The lowest BCUT2D eigenvalue weighted by molar-refractivity contribution is 0.0438. The van der Waals surface area contributed by atoms with E-state index < -0.39 is 0 Å². The predicted octanol–water partition coefficient (Wildman–Crippen LogP) is 4.39. The maximum atomic E-state index is 14.1. The van der Waals surface area contributed by atoms with Crippen LogP contribution in [0, 0.1) is 22.2 Å². The van der Waals surface area contributed by atoms with E-state index in [1.165, 1.54) is 17.5 Å². The Kier molecular flexibility index (Phi) is 2.89. The summed E-state index contributed by atoms with van der Waals surface area (Å²) < 4.78 is 5.27. The number of allylic oxidation sites excluding steroid dienone is 5. The maximum Gasteiger partial charge on any atom is 0.348 e. The average Bonchev–Trinajstić information content (AvgIpc) is 3.26. The Morgan fingerprint density at radius 2 is 1.64 bits per heavy atom. The number of aromatic nitrogens is 3. The summed E-state index contributed by atoms with van der Waals surface area (Å²) in [6.07, 6.45) is 16.6. The molecule has 7 aliphatic rings. The van der Waals surface area contributed by atoms with Crippen molar-refractivity contribution in [2.75, 3.05) is 0 Å². The molecule has 0 saturated heterocycles. The third-order valence-electron chi connectivity index (χ3n) is 11.3. The zero-order valence-electron chi connectivity index (χ0n) is 19.4. The molecule has 5 aliphatic carbocycles. The highest BCUT2D eigenvalue weighted by atomic mass is 16.2. The van der Waals surface area contributed by atoms with Gasteiger partial charge in [0.05, 0.1) is 17.5 Å². The van der Waals surface area contributed by atoms with Crippen LogP contribution in [0.4, 0.5) is 0 Å². The normalized spacial score (nSPS) is 43.7. The highest BCUT2D eigenvalue weighted by molar-refractivity contribution is 5.70. The quantitative estimate of drug-likeness (QED) is 0.619. The number of hydrogen-bond donors (Lipinski definition) is 0. The second-order valence-corrected chi connectivity index (χ2v) is 12.1. The van der Waals surface area contributed by atoms with Crippen LogP contribution in [-0.2, 0) is 5.41 Å². The van der Waals surface area contributed by atoms with Crippen LogP contribution in [0.5, 0.6) is 0 Å². The standard InChI is InChI=1S/C28H29N3O2/c1-25(2)18-11-12-26(25,3)22(16-18)29-23(32)30-20-8-9-21(31(30)24(29)33)28-15-14-27(20,28)13-10-17-6-4-5-7-19(17)28/h4-10,13-15,18,20-22H,11-12,16H2,1-3H3/t18-,20-,21-,22+,26-,27-,28-/m0/s1. The van der Waals surface area contributed by atoms with Gasteiger partial charge < -0.3 is 0 Å². The summed E-state index contributed by atoms with van der Waals surface area (Å²) in [6, 6.07) is 8.12. The highest BCUT2D eigenvalue weighted by Crippen LogP contribution is 2.71. The molecule has 5 heteroatoms. The van der Waals surface area contributed by atoms with Crippen LogP contribution in [-0.4, -0.2) is 13.9 Å². The molecule has 7 atom stereocenters. The summed E-state index contributed by atoms with van der Waals surface area (Å²) in [7, 11) is 0. The second-order valence-electron chi connectivity index (χ2n) is 12.1. The van der Waals surface area contributed by atoms with Crippen LogP contribution in [0.3, 0.4) is 0 Å². The van der Waals surface area contributed by atoms with Gasteiger partial charge in [0.2, 0.25) is 0 Å². The van der Waals surface area contributed by atoms with Crippen molar-refractivity contribution in [1.29, 1.82) is 0 Å². The zero-order chi connectivity index (χ0) is 22.5. The monoisotopic (exact) mass is 439 g/mol. The summed E-state index contributed by atoms with van der Waals surface area (Å²) >= 11 is 0. The number of benzene rings is 1. The van der Waals surface area contributed by atoms with Gasteiger partial charge in [0, 0.05) is 11.5 Å². The van der Waals surface area contributed by atoms with Crippen molar-refractivity contribution in [3.63, 3.8) is 0 Å². The molecule has 9 rings (SSSR count). The Hall–Kier alpha value is -2.82. The number of nitrogens with zero attached hydrogens (tertiary/aromatic N) is 3. The van der Waals surface area contributed by atoms with E-state index in [1.54, 1.807) is 9.25 Å². The zero-order valence-corrected chi connectivity index (χ0v) is 19.4. The van der Waals surface area contributed by atoms with Gasteiger partial charge in [0.25, 0.3) is 0 Å². The van der Waals surface area contributed by atoms with Gasteiger partial charge in [-0.25, -0.2) is 23.5 Å². The van der Waals surface area contributed by atoms with Crippen molar-refractivity contribution in [3.8, 4) is 0 Å². The molecule has 0 amide bonds. The minimum absolute atomic E-state index is 0.0262. The molecular weight excluding hydrogens is 410 g/mol. The smallest absolute Gasteiger partial charge is 0.246 e. The first-order valence-electron chi connectivity index (χ1n) is 12.4. The van der Waals surface area contributed by atoms with Crippen LogP contribution >= 0.6 is 0 Å². The molecule has 0 unspecified atom stereocenters. The van der Waals surface area contributed by atoms with Gasteiger partial charge in [-0.3, -0.25) is 0 Å². The second kappa shape index (κ2) is 5.13. The first-order valence-corrected chi connectivity index (χ1v) is 12.4. The van der Waals surface area contributed by atoms with E-state index in [9.17, 15) is 9.59 Å². The highest BCUT2D eigenvalue weighted by Gasteiger charge is 2.69. The van der Waals surface area contributed by atoms with Crippen LogP contribution in [0.1, 0.15) is 69.3 Å². The third kappa shape index (κ3) is 1.60. The maximum absolute atomic E-state index is 14.1. The Morgan fingerprint density at radius 3 is 2.30 bits per heavy atom. The molecule has 168 valence electrons. The molecule has 0 radical (unpaired) electrons. The fourth-order valence-electron chi connectivity index (χ4n) is 9.07. The molecule has 2 fully saturated rings. The molecule has 1 aromatic heterocycles. The van der Waals surface area contributed by atoms with E-state index >= 15 is 0 Å². The SMILES string of the molecule is CC1(C)[C@H]2CC[C@@]1(C)[C@H](n1c(=O)n3n(c1=O)[C@H]1C=C[C@H]3[C@@]34C=Cc5ccccc5[C@@]13C=C4)C2. The van der Waals surface area contributed by atoms with Crippen LogP contribution in [0.25, 0.3) is 6.08 Å². The molecule has 2 aliphatic heterocycles. The van der Waals surface area contributed by atoms with Crippen molar-refractivity contribution >= 4 is 6.08 Å². The Bertz CT molecular complexity index is 1480. The first kappa shape index (κ1) is 18.6. The van der Waals surface area contributed by atoms with Gasteiger partial charge in [-0.05, 0) is 47.1 Å². The summed E-state index contributed by atoms with van der Waals surface area (Å²) in [5, 5.41) is 0. The number of hydrogen-bond acceptors (Lipinski definition) is 2. The Balaban J connectivity index is 1.39. The van der Waals surface area contributed by atoms with Crippen LogP contribution in [0.15, 0.2) is 64.2 Å². The summed E-state index contributed by atoms with van der Waals surface area (Å²) in [5.41, 5.74) is 1.75. The molecule has 33 heavy (non-hydrogen) atoms. The van der Waals surface area contributed by atoms with Gasteiger partial charge in [-0.2, -0.15) is 0 Å². The third-order valence-corrected chi connectivity index (χ3v) is 11.3. The molecular formula is C28H29N3O2. The molecule has 2 saturated carbocycles. The number of rotatable bonds is 1. The van der Waals surface area contributed by atoms with E-state index in [0.717, 1.165) is 12.8 Å². The van der Waals surface area contributed by atoms with E-state index in [2.05, 4.69) is 81.5 Å². The van der Waals surface area contributed by atoms with Crippen molar-refractivity contribution in [1.82, 2.24) is 13.9 Å². The molecule has 2 aromatic rings. The topological polar surface area (TPSA) is 48.9 Å². The van der Waals surface area contributed by atoms with Crippen LogP contribution in [0.2, 0.25) is 0 Å². The van der Waals surface area contributed by atoms with Crippen molar-refractivity contribution < 1.29 is 0 Å². The molecule has 5 nitrogen and oxygen atoms in total. The lowest BCUT2D eigenvalue weighted by Crippen LogP contribution is -2.66. The lowest BCUT2D eigenvalue weighted by atomic mass is 9.42. The minimum Gasteiger partial charge on any atom is -0.246 e. The van der Waals surface area contributed by atoms with Gasteiger partial charge in [-0.1, -0.05) is 81.5 Å². The molecule has 0 spiro atoms. The average molecular weight is 440 g/mol. The first-order chi connectivity index (χ1) is 15.8. The van der Waals surface area contributed by atoms with E-state index in [1.807, 2.05) is 4.68 Å². The van der Waals surface area contributed by atoms with Crippen molar-refractivity contribution in [2.24, 2.45) is 22.2 Å². The largest absolute Gasteiger partial charge is 0.348 e. The summed E-state index contributed by atoms with van der Waals surface area (Å²) in [5.74, 6) is 0.572. The predicted molar refractivity (Wildman–Crippen MR) is 127 cm³/mol. The van der Waals surface area contributed by atoms with Crippen LogP contribution < -0.4 is 11.4 Å². The van der Waals surface area contributed by atoms with E-state index in [-0.39, 0.29) is 51.2 Å². The van der Waals surface area contributed by atoms with Crippen molar-refractivity contribution in [3.05, 3.63) is 86.7 Å². The molecule has 4 bridgehead atoms. The summed E-state index contributed by atoms with van der Waals surface area (Å²) in [4.78, 5) is 28.2. The van der Waals surface area contributed by atoms with Gasteiger partial charge >= 0.3 is 11.4 Å².